The van der Waals surface area contributed by atoms with E-state index in [0.717, 1.165) is 0 Å². The molecule has 2 atom stereocenters. The number of nitrogens with zero attached hydrogens (tertiary/aromatic N) is 2. The molecule has 1 aliphatic carbocycles. The van der Waals surface area contributed by atoms with E-state index in [0.29, 0.717) is 5.92 Å². The largest absolute Gasteiger partial charge is 0.333 e. The molecule has 0 amide bonds. The maximum Gasteiger partial charge on any atom is 0.0629 e. The normalized spacial score (nSPS) is 17.7. The lowest BCUT2D eigenvalue weighted by Gasteiger charge is -2.29. The summed E-state index contributed by atoms with van der Waals surface area (Å²) in [5.41, 5.74) is 10.1. The molecule has 0 saturated heterocycles. The number of aromatic nitrogens is 1. The van der Waals surface area contributed by atoms with Crippen molar-refractivity contribution in [2.45, 2.75) is 12.0 Å². The van der Waals surface area contributed by atoms with E-state index >= 15 is 0 Å². The summed E-state index contributed by atoms with van der Waals surface area (Å²) in [6, 6.07) is 44.3. The lowest BCUT2D eigenvalue weighted by Crippen LogP contribution is -2.28. The molecule has 2 heterocycles. The minimum Gasteiger partial charge on any atom is -0.333 e. The molecule has 1 aliphatic heterocycles. The van der Waals surface area contributed by atoms with Crippen molar-refractivity contribution >= 4 is 33.2 Å². The molecule has 1 aromatic heterocycles. The highest BCUT2D eigenvalue weighted by atomic mass is 15.2. The topological polar surface area (TPSA) is 8.17 Å². The van der Waals surface area contributed by atoms with Crippen LogP contribution in [0, 0.1) is 0 Å². The van der Waals surface area contributed by atoms with Gasteiger partial charge in [-0.15, -0.1) is 0 Å². The van der Waals surface area contributed by atoms with Gasteiger partial charge in [0.25, 0.3) is 0 Å². The molecule has 0 saturated carbocycles. The van der Waals surface area contributed by atoms with Crippen LogP contribution in [0.3, 0.4) is 0 Å². The summed E-state index contributed by atoms with van der Waals surface area (Å²) in [6.45, 7) is 0. The molecule has 8 rings (SSSR count). The first kappa shape index (κ1) is 21.3. The Labute approximate surface area is 222 Å². The maximum absolute atomic E-state index is 2.53. The quantitative estimate of drug-likeness (QED) is 0.242. The molecule has 0 radical (unpaired) electrons. The van der Waals surface area contributed by atoms with Crippen molar-refractivity contribution in [3.05, 3.63) is 151 Å². The van der Waals surface area contributed by atoms with Gasteiger partial charge in [-0.25, -0.2) is 0 Å². The fraction of sp³-hybridized carbons (Fsp3) is 0.0556. The molecule has 2 nitrogen and oxygen atoms in total. The zero-order chi connectivity index (χ0) is 25.1. The lowest BCUT2D eigenvalue weighted by atomic mass is 9.90. The third kappa shape index (κ3) is 3.07. The second-order valence-electron chi connectivity index (χ2n) is 10.2. The molecule has 0 spiro atoms. The zero-order valence-electron chi connectivity index (χ0n) is 20.9. The average Bonchev–Trinajstić information content (AvgIpc) is 3.51. The number of rotatable bonds is 3. The number of allylic oxidation sites excluding steroid dienone is 2. The minimum atomic E-state index is 0.280. The van der Waals surface area contributed by atoms with E-state index in [2.05, 4.69) is 155 Å². The van der Waals surface area contributed by atoms with Gasteiger partial charge in [0.1, 0.15) is 0 Å². The Balaban J connectivity index is 1.38. The monoisotopic (exact) mass is 486 g/mol. The highest BCUT2D eigenvalue weighted by Crippen LogP contribution is 2.52. The van der Waals surface area contributed by atoms with Gasteiger partial charge in [0.05, 0.1) is 22.8 Å². The van der Waals surface area contributed by atoms with Crippen molar-refractivity contribution < 1.29 is 0 Å². The van der Waals surface area contributed by atoms with Gasteiger partial charge in [-0.05, 0) is 53.6 Å². The third-order valence-corrected chi connectivity index (χ3v) is 8.10. The highest BCUT2D eigenvalue weighted by Gasteiger charge is 2.38. The van der Waals surface area contributed by atoms with Gasteiger partial charge >= 0.3 is 0 Å². The Morgan fingerprint density at radius 1 is 0.526 bits per heavy atom. The fourth-order valence-corrected chi connectivity index (χ4v) is 6.50. The smallest absolute Gasteiger partial charge is 0.0629 e. The first-order valence-electron chi connectivity index (χ1n) is 13.3. The summed E-state index contributed by atoms with van der Waals surface area (Å²) in [6.07, 6.45) is 9.08. The van der Waals surface area contributed by atoms with Gasteiger partial charge < -0.3 is 9.47 Å². The van der Waals surface area contributed by atoms with E-state index in [9.17, 15) is 0 Å². The Morgan fingerprint density at radius 2 is 1.24 bits per heavy atom. The van der Waals surface area contributed by atoms with Crippen molar-refractivity contribution in [1.29, 1.82) is 0 Å². The number of para-hydroxylation sites is 4. The van der Waals surface area contributed by atoms with Crippen molar-refractivity contribution in [3.63, 3.8) is 0 Å². The predicted octanol–water partition coefficient (Wildman–Crippen LogP) is 9.18. The molecule has 0 fully saturated rings. The van der Waals surface area contributed by atoms with Gasteiger partial charge in [0.2, 0.25) is 0 Å². The minimum absolute atomic E-state index is 0.280. The number of hydrogen-bond donors (Lipinski definition) is 0. The van der Waals surface area contributed by atoms with E-state index < -0.39 is 0 Å². The number of anilines is 2. The number of fused-ring (bicyclic) bond motifs is 6. The molecule has 2 heteroatoms. The van der Waals surface area contributed by atoms with E-state index in [1.807, 2.05) is 0 Å². The first-order valence-corrected chi connectivity index (χ1v) is 13.3. The van der Waals surface area contributed by atoms with Crippen LogP contribution in [0.2, 0.25) is 0 Å². The van der Waals surface area contributed by atoms with E-state index in [-0.39, 0.29) is 6.04 Å². The van der Waals surface area contributed by atoms with Crippen molar-refractivity contribution in [2.24, 2.45) is 0 Å². The summed E-state index contributed by atoms with van der Waals surface area (Å²) in [7, 11) is 0. The van der Waals surface area contributed by atoms with E-state index in [4.69, 9.17) is 0 Å². The Morgan fingerprint density at radius 3 is 2.08 bits per heavy atom. The molecule has 38 heavy (non-hydrogen) atoms. The van der Waals surface area contributed by atoms with Crippen LogP contribution in [0.25, 0.3) is 38.6 Å². The summed E-state index contributed by atoms with van der Waals surface area (Å²) >= 11 is 0. The highest BCUT2D eigenvalue weighted by molar-refractivity contribution is 6.11. The second kappa shape index (κ2) is 8.36. The second-order valence-corrected chi connectivity index (χ2v) is 10.2. The average molecular weight is 487 g/mol. The van der Waals surface area contributed by atoms with Crippen LogP contribution in [0.15, 0.2) is 146 Å². The van der Waals surface area contributed by atoms with Crippen LogP contribution in [0.5, 0.6) is 0 Å². The number of benzene rings is 5. The van der Waals surface area contributed by atoms with Crippen LogP contribution in [0.1, 0.15) is 11.5 Å². The Hall–Kier alpha value is -4.82. The molecule has 0 bridgehead atoms. The maximum atomic E-state index is 2.53. The van der Waals surface area contributed by atoms with Crippen molar-refractivity contribution in [3.8, 4) is 16.8 Å². The third-order valence-electron chi connectivity index (χ3n) is 8.10. The lowest BCUT2D eigenvalue weighted by molar-refractivity contribution is 0.745. The molecular formula is C36H26N2. The van der Waals surface area contributed by atoms with Crippen LogP contribution >= 0.6 is 0 Å². The summed E-state index contributed by atoms with van der Waals surface area (Å²) in [4.78, 5) is 2.53. The molecule has 180 valence electrons. The molecule has 2 aliphatic rings. The van der Waals surface area contributed by atoms with E-state index in [1.165, 1.54) is 55.6 Å². The molecule has 5 aromatic carbocycles. The van der Waals surface area contributed by atoms with E-state index in [1.54, 1.807) is 0 Å². The van der Waals surface area contributed by atoms with Gasteiger partial charge in [0, 0.05) is 33.6 Å². The number of hydrogen-bond acceptors (Lipinski definition) is 1. The fourth-order valence-electron chi connectivity index (χ4n) is 6.50. The van der Waals surface area contributed by atoms with Gasteiger partial charge in [-0.3, -0.25) is 0 Å². The SMILES string of the molecule is C1=CC2c3cccc(-c4ccc5c(c4)c4ccccc4n5-c4ccccc4)c3N(c3ccccc3)C2C=C1. The molecule has 2 unspecified atom stereocenters. The van der Waals surface area contributed by atoms with Crippen molar-refractivity contribution in [1.82, 2.24) is 4.57 Å². The summed E-state index contributed by atoms with van der Waals surface area (Å²) in [5.74, 6) is 0.346. The van der Waals surface area contributed by atoms with Crippen molar-refractivity contribution in [2.75, 3.05) is 4.90 Å². The molecular weight excluding hydrogens is 460 g/mol. The van der Waals surface area contributed by atoms with Gasteiger partial charge in [-0.1, -0.05) is 103 Å². The standard InChI is InChI=1S/C36H26N2/c1-3-12-26(13-4-1)37-33-20-9-8-17-30(33)32-24-25(22-23-35(32)37)28-18-11-19-31-29-16-7-10-21-34(29)38(36(28)31)27-14-5-2-6-15-27/h1-24,29,34H. The summed E-state index contributed by atoms with van der Waals surface area (Å²) in [5, 5.41) is 2.56. The summed E-state index contributed by atoms with van der Waals surface area (Å²) < 4.78 is 2.38. The molecule has 6 aromatic rings. The van der Waals surface area contributed by atoms with Crippen LogP contribution in [-0.2, 0) is 0 Å². The first-order chi connectivity index (χ1) is 18.9. The Bertz CT molecular complexity index is 1880. The van der Waals surface area contributed by atoms with Crippen LogP contribution in [0.4, 0.5) is 11.4 Å². The molecule has 0 N–H and O–H groups in total. The van der Waals surface area contributed by atoms with Crippen LogP contribution < -0.4 is 4.90 Å². The zero-order valence-corrected chi connectivity index (χ0v) is 20.9. The van der Waals surface area contributed by atoms with Gasteiger partial charge in [0.15, 0.2) is 0 Å². The van der Waals surface area contributed by atoms with Crippen LogP contribution in [-0.4, -0.2) is 10.6 Å². The Kier molecular flexibility index (Phi) is 4.68. The predicted molar refractivity (Wildman–Crippen MR) is 160 cm³/mol. The van der Waals surface area contributed by atoms with Gasteiger partial charge in [-0.2, -0.15) is 0 Å².